The van der Waals surface area contributed by atoms with Crippen LogP contribution in [0.4, 0.5) is 5.69 Å². The number of hydrogen-bond acceptors (Lipinski definition) is 5. The van der Waals surface area contributed by atoms with E-state index >= 15 is 0 Å². The lowest BCUT2D eigenvalue weighted by Crippen LogP contribution is -2.15. The Balaban J connectivity index is 1.92. The third kappa shape index (κ3) is 3.20. The zero-order chi connectivity index (χ0) is 19.1. The molecule has 0 bridgehead atoms. The monoisotopic (exact) mass is 374 g/mol. The van der Waals surface area contributed by atoms with Crippen LogP contribution in [0.25, 0.3) is 0 Å². The van der Waals surface area contributed by atoms with Crippen molar-refractivity contribution < 1.29 is 18.1 Å². The molecule has 0 aromatic heterocycles. The average molecular weight is 374 g/mol. The largest absolute Gasteiger partial charge is 0.438 e. The lowest BCUT2D eigenvalue weighted by molar-refractivity contribution is -0.385. The molecule has 1 aliphatic heterocycles. The first-order chi connectivity index (χ1) is 12.1. The topological polar surface area (TPSA) is 98.9 Å². The third-order valence-corrected chi connectivity index (χ3v) is 5.92. The Labute approximate surface area is 151 Å². The van der Waals surface area contributed by atoms with Gasteiger partial charge in [-0.3, -0.25) is 10.1 Å². The summed E-state index contributed by atoms with van der Waals surface area (Å²) in [6.07, 6.45) is 0.976. The number of nitro benzene ring substituents is 1. The lowest BCUT2D eigenvalue weighted by atomic mass is 9.82. The molecule has 2 aromatic carbocycles. The van der Waals surface area contributed by atoms with Gasteiger partial charge in [-0.15, -0.1) is 4.40 Å². The molecule has 136 valence electrons. The number of hydrogen-bond donors (Lipinski definition) is 0. The van der Waals surface area contributed by atoms with Crippen LogP contribution >= 0.6 is 0 Å². The lowest BCUT2D eigenvalue weighted by Gasteiger charge is -2.23. The quantitative estimate of drug-likeness (QED) is 0.598. The van der Waals surface area contributed by atoms with E-state index in [1.165, 1.54) is 12.1 Å². The van der Waals surface area contributed by atoms with Gasteiger partial charge in [-0.05, 0) is 35.6 Å². The molecule has 8 heteroatoms. The van der Waals surface area contributed by atoms with Gasteiger partial charge in [0.25, 0.3) is 15.7 Å². The minimum atomic E-state index is -4.01. The van der Waals surface area contributed by atoms with E-state index in [4.69, 9.17) is 4.74 Å². The summed E-state index contributed by atoms with van der Waals surface area (Å²) >= 11 is 0. The Kier molecular flexibility index (Phi) is 4.31. The van der Waals surface area contributed by atoms with Crippen molar-refractivity contribution >= 4 is 21.6 Å². The maximum Gasteiger partial charge on any atom is 0.286 e. The van der Waals surface area contributed by atoms with Gasteiger partial charge in [0.15, 0.2) is 0 Å². The van der Waals surface area contributed by atoms with Crippen LogP contribution < -0.4 is 4.74 Å². The second-order valence-electron chi connectivity index (χ2n) is 6.67. The molecule has 0 amide bonds. The van der Waals surface area contributed by atoms with Crippen LogP contribution in [0.1, 0.15) is 38.3 Å². The molecule has 0 unspecified atom stereocenters. The Bertz CT molecular complexity index is 1010. The molecular formula is C18H18N2O5S. The Morgan fingerprint density at radius 1 is 1.15 bits per heavy atom. The number of benzene rings is 2. The van der Waals surface area contributed by atoms with Crippen molar-refractivity contribution in [2.45, 2.75) is 37.5 Å². The number of ether oxygens (including phenoxy) is 1. The van der Waals surface area contributed by atoms with Crippen molar-refractivity contribution in [2.75, 3.05) is 0 Å². The zero-order valence-electron chi connectivity index (χ0n) is 14.6. The average Bonchev–Trinajstić information content (AvgIpc) is 2.85. The molecule has 1 heterocycles. The van der Waals surface area contributed by atoms with Gasteiger partial charge >= 0.3 is 0 Å². The Morgan fingerprint density at radius 2 is 1.81 bits per heavy atom. The van der Waals surface area contributed by atoms with E-state index in [1.807, 2.05) is 12.1 Å². The highest BCUT2D eigenvalue weighted by Gasteiger charge is 2.32. The second kappa shape index (κ2) is 6.21. The van der Waals surface area contributed by atoms with Crippen molar-refractivity contribution in [1.29, 1.82) is 0 Å². The van der Waals surface area contributed by atoms with E-state index in [2.05, 4.69) is 25.2 Å². The highest BCUT2D eigenvalue weighted by Crippen LogP contribution is 2.32. The standard InChI is InChI=1S/C18H18N2O5S/c1-4-18(2,3)12-5-8-14(9-6-12)25-17-15-10-7-13(20(21)22)11-16(15)26(23,24)19-17/h5-11H,4H2,1-3H3. The minimum absolute atomic E-state index is 0.0261. The maximum atomic E-state index is 12.2. The highest BCUT2D eigenvalue weighted by atomic mass is 32.2. The van der Waals surface area contributed by atoms with E-state index in [9.17, 15) is 18.5 Å². The number of fused-ring (bicyclic) bond motifs is 1. The fourth-order valence-corrected chi connectivity index (χ4v) is 3.74. The molecule has 3 rings (SSSR count). The van der Waals surface area contributed by atoms with E-state index in [-0.39, 0.29) is 27.5 Å². The van der Waals surface area contributed by atoms with Crippen molar-refractivity contribution in [2.24, 2.45) is 4.40 Å². The molecule has 7 nitrogen and oxygen atoms in total. The molecule has 0 saturated heterocycles. The first kappa shape index (κ1) is 18.1. The molecule has 0 saturated carbocycles. The fourth-order valence-electron chi connectivity index (χ4n) is 2.59. The molecule has 0 aliphatic carbocycles. The third-order valence-electron chi connectivity index (χ3n) is 4.62. The molecule has 2 aromatic rings. The first-order valence-electron chi connectivity index (χ1n) is 8.06. The number of rotatable bonds is 4. The minimum Gasteiger partial charge on any atom is -0.438 e. The fraction of sp³-hybridized carbons (Fsp3) is 0.278. The van der Waals surface area contributed by atoms with Crippen LogP contribution in [0.15, 0.2) is 51.8 Å². The molecule has 0 radical (unpaired) electrons. The normalized spacial score (nSPS) is 15.3. The SMILES string of the molecule is CCC(C)(C)c1ccc(OC2=NS(=O)(=O)c3cc([N+](=O)[O-])ccc32)cc1. The van der Waals surface area contributed by atoms with Crippen molar-refractivity contribution in [3.05, 3.63) is 63.7 Å². The number of nitrogens with zero attached hydrogens (tertiary/aromatic N) is 2. The van der Waals surface area contributed by atoms with Crippen LogP contribution in [0.5, 0.6) is 5.75 Å². The highest BCUT2D eigenvalue weighted by molar-refractivity contribution is 7.90. The Hall–Kier alpha value is -2.74. The van der Waals surface area contributed by atoms with Crippen LogP contribution in [-0.2, 0) is 15.4 Å². The van der Waals surface area contributed by atoms with Gasteiger partial charge in [-0.25, -0.2) is 0 Å². The summed E-state index contributed by atoms with van der Waals surface area (Å²) in [6.45, 7) is 6.39. The van der Waals surface area contributed by atoms with Crippen molar-refractivity contribution in [1.82, 2.24) is 0 Å². The van der Waals surface area contributed by atoms with Gasteiger partial charge in [-0.2, -0.15) is 8.42 Å². The molecule has 1 aliphatic rings. The maximum absolute atomic E-state index is 12.2. The predicted molar refractivity (Wildman–Crippen MR) is 97.2 cm³/mol. The summed E-state index contributed by atoms with van der Waals surface area (Å²) in [7, 11) is -4.01. The number of nitro groups is 1. The molecule has 26 heavy (non-hydrogen) atoms. The first-order valence-corrected chi connectivity index (χ1v) is 9.50. The van der Waals surface area contributed by atoms with E-state index in [1.54, 1.807) is 12.1 Å². The van der Waals surface area contributed by atoms with Crippen LogP contribution in [-0.4, -0.2) is 19.2 Å². The summed E-state index contributed by atoms with van der Waals surface area (Å²) in [5.41, 5.74) is 1.08. The van der Waals surface area contributed by atoms with Crippen LogP contribution in [0.2, 0.25) is 0 Å². The second-order valence-corrected chi connectivity index (χ2v) is 8.25. The molecule has 0 atom stereocenters. The van der Waals surface area contributed by atoms with Gasteiger partial charge in [0, 0.05) is 12.1 Å². The molecule has 0 N–H and O–H groups in total. The summed E-state index contributed by atoms with van der Waals surface area (Å²) in [6, 6.07) is 10.9. The molecule has 0 spiro atoms. The van der Waals surface area contributed by atoms with Gasteiger partial charge in [0.2, 0.25) is 5.90 Å². The summed E-state index contributed by atoms with van der Waals surface area (Å²) in [5, 5.41) is 10.9. The van der Waals surface area contributed by atoms with Gasteiger partial charge < -0.3 is 4.74 Å². The van der Waals surface area contributed by atoms with Gasteiger partial charge in [-0.1, -0.05) is 32.9 Å². The van der Waals surface area contributed by atoms with E-state index in [0.29, 0.717) is 5.75 Å². The zero-order valence-corrected chi connectivity index (χ0v) is 15.4. The molecular weight excluding hydrogens is 356 g/mol. The number of sulfonamides is 1. The Morgan fingerprint density at radius 3 is 2.38 bits per heavy atom. The van der Waals surface area contributed by atoms with Crippen LogP contribution in [0.3, 0.4) is 0 Å². The molecule has 0 fully saturated rings. The van der Waals surface area contributed by atoms with Crippen molar-refractivity contribution in [3.63, 3.8) is 0 Å². The van der Waals surface area contributed by atoms with Gasteiger partial charge in [0.05, 0.1) is 10.5 Å². The summed E-state index contributed by atoms with van der Waals surface area (Å²) in [5.74, 6) is 0.359. The van der Waals surface area contributed by atoms with Crippen LogP contribution in [0, 0.1) is 10.1 Å². The predicted octanol–water partition coefficient (Wildman–Crippen LogP) is 3.81. The van der Waals surface area contributed by atoms with E-state index < -0.39 is 14.9 Å². The smallest absolute Gasteiger partial charge is 0.286 e. The number of non-ortho nitro benzene ring substituents is 1. The van der Waals surface area contributed by atoms with Gasteiger partial charge in [0.1, 0.15) is 10.6 Å². The summed E-state index contributed by atoms with van der Waals surface area (Å²) in [4.78, 5) is 10.00. The van der Waals surface area contributed by atoms with E-state index in [0.717, 1.165) is 18.1 Å². The van der Waals surface area contributed by atoms with Crippen molar-refractivity contribution in [3.8, 4) is 5.75 Å². The summed E-state index contributed by atoms with van der Waals surface area (Å²) < 4.78 is 33.6.